The number of fused-ring (bicyclic) bond motifs is 2. The predicted octanol–water partition coefficient (Wildman–Crippen LogP) is 5.15. The van der Waals surface area contributed by atoms with Crippen molar-refractivity contribution < 1.29 is 13.6 Å². The van der Waals surface area contributed by atoms with E-state index in [1.807, 2.05) is 24.3 Å². The van der Waals surface area contributed by atoms with Crippen LogP contribution in [0.15, 0.2) is 72.9 Å². The van der Waals surface area contributed by atoms with Gasteiger partial charge < -0.3 is 10.3 Å². The van der Waals surface area contributed by atoms with Gasteiger partial charge in [-0.25, -0.2) is 18.4 Å². The minimum absolute atomic E-state index is 0.329. The van der Waals surface area contributed by atoms with E-state index in [9.17, 15) is 13.6 Å². The number of amides is 1. The van der Waals surface area contributed by atoms with E-state index in [4.69, 9.17) is 0 Å². The van der Waals surface area contributed by atoms with Gasteiger partial charge in [-0.2, -0.15) is 5.10 Å². The van der Waals surface area contributed by atoms with Gasteiger partial charge in [0.15, 0.2) is 5.82 Å². The molecule has 0 saturated carbocycles. The zero-order valence-corrected chi connectivity index (χ0v) is 16.2. The summed E-state index contributed by atoms with van der Waals surface area (Å²) in [4.78, 5) is 19.2. The molecule has 0 bridgehead atoms. The van der Waals surface area contributed by atoms with E-state index in [2.05, 4.69) is 38.6 Å². The molecule has 154 valence electrons. The van der Waals surface area contributed by atoms with Crippen LogP contribution in [0.5, 0.6) is 0 Å². The van der Waals surface area contributed by atoms with Gasteiger partial charge in [0.2, 0.25) is 0 Å². The zero-order valence-electron chi connectivity index (χ0n) is 16.2. The monoisotopic (exact) mass is 417 g/mol. The third kappa shape index (κ3) is 3.63. The summed E-state index contributed by atoms with van der Waals surface area (Å²) < 4.78 is 27.4. The van der Waals surface area contributed by atoms with Crippen molar-refractivity contribution in [3.63, 3.8) is 0 Å². The quantitative estimate of drug-likeness (QED) is 0.415. The summed E-state index contributed by atoms with van der Waals surface area (Å²) >= 11 is 0. The lowest BCUT2D eigenvalue weighted by atomic mass is 10.0. The molecule has 0 radical (unpaired) electrons. The van der Waals surface area contributed by atoms with Crippen LogP contribution in [-0.2, 0) is 6.54 Å². The fourth-order valence-electron chi connectivity index (χ4n) is 3.62. The average molecular weight is 417 g/mol. The van der Waals surface area contributed by atoms with Gasteiger partial charge in [-0.15, -0.1) is 0 Å². The summed E-state index contributed by atoms with van der Waals surface area (Å²) in [6.07, 6.45) is -1.08. The molecular weight excluding hydrogens is 400 g/mol. The van der Waals surface area contributed by atoms with Gasteiger partial charge in [-0.05, 0) is 34.5 Å². The van der Waals surface area contributed by atoms with Crippen molar-refractivity contribution in [1.82, 2.24) is 19.7 Å². The first-order chi connectivity index (χ1) is 15.1. The summed E-state index contributed by atoms with van der Waals surface area (Å²) in [5.41, 5.74) is 2.17. The van der Waals surface area contributed by atoms with Gasteiger partial charge >= 0.3 is 0 Å². The average Bonchev–Trinajstić information content (AvgIpc) is 3.40. The largest absolute Gasteiger partial charge is 0.337 e. The number of carbonyl (C=O) groups is 1. The van der Waals surface area contributed by atoms with Gasteiger partial charge in [-0.3, -0.25) is 4.79 Å². The van der Waals surface area contributed by atoms with E-state index in [-0.39, 0.29) is 5.91 Å². The second-order valence-corrected chi connectivity index (χ2v) is 7.12. The number of nitrogens with one attached hydrogen (secondary N) is 2. The van der Waals surface area contributed by atoms with Crippen molar-refractivity contribution in [3.05, 3.63) is 89.9 Å². The number of hydrogen-bond acceptors (Lipinski definition) is 3. The lowest BCUT2D eigenvalue weighted by molar-refractivity contribution is 0.102. The third-order valence-corrected chi connectivity index (χ3v) is 5.13. The van der Waals surface area contributed by atoms with Gasteiger partial charge in [0.05, 0.1) is 23.8 Å². The molecular formula is C23H17F2N5O. The molecule has 0 aliphatic heterocycles. The molecule has 5 rings (SSSR count). The smallest absolute Gasteiger partial charge is 0.295 e. The number of imidazole rings is 1. The molecule has 0 spiro atoms. The third-order valence-electron chi connectivity index (χ3n) is 5.13. The number of benzene rings is 3. The fourth-order valence-corrected chi connectivity index (χ4v) is 3.62. The molecule has 31 heavy (non-hydrogen) atoms. The highest BCUT2D eigenvalue weighted by Gasteiger charge is 2.15. The molecule has 0 aliphatic carbocycles. The van der Waals surface area contributed by atoms with Crippen molar-refractivity contribution in [2.24, 2.45) is 0 Å². The number of carbonyl (C=O) groups excluding carboxylic acids is 1. The molecule has 0 saturated heterocycles. The number of aromatic nitrogens is 4. The molecule has 5 aromatic rings. The van der Waals surface area contributed by atoms with Gasteiger partial charge in [-0.1, -0.05) is 42.5 Å². The van der Waals surface area contributed by atoms with Crippen molar-refractivity contribution in [2.75, 3.05) is 5.32 Å². The molecule has 8 heteroatoms. The summed E-state index contributed by atoms with van der Waals surface area (Å²) in [6.45, 7) is 0.487. The maximum Gasteiger partial charge on any atom is 0.295 e. The number of halogens is 2. The van der Waals surface area contributed by atoms with Crippen LogP contribution in [0, 0.1) is 0 Å². The van der Waals surface area contributed by atoms with Crippen molar-refractivity contribution in [3.8, 4) is 0 Å². The number of H-pyrrole nitrogens is 1. The van der Waals surface area contributed by atoms with Gasteiger partial charge in [0, 0.05) is 11.6 Å². The minimum Gasteiger partial charge on any atom is -0.337 e. The zero-order chi connectivity index (χ0) is 21.4. The predicted molar refractivity (Wildman–Crippen MR) is 114 cm³/mol. The Labute approximate surface area is 175 Å². The Morgan fingerprint density at radius 2 is 1.90 bits per heavy atom. The molecule has 2 N–H and O–H groups in total. The second-order valence-electron chi connectivity index (χ2n) is 7.12. The molecule has 0 unspecified atom stereocenters. The Balaban J connectivity index is 1.39. The molecule has 0 atom stereocenters. The summed E-state index contributed by atoms with van der Waals surface area (Å²) in [6, 6.07) is 20.5. The molecule has 1 amide bonds. The number of anilines is 1. The lowest BCUT2D eigenvalue weighted by Crippen LogP contribution is -2.16. The van der Waals surface area contributed by atoms with Crippen molar-refractivity contribution >= 4 is 33.5 Å². The SMILES string of the molecule is O=C(Nc1ccnn1Cc1cccc2ccccc12)c1ccc2nc(C(F)F)[nH]c2c1. The summed E-state index contributed by atoms with van der Waals surface area (Å²) in [5, 5.41) is 9.44. The van der Waals surface area contributed by atoms with Crippen LogP contribution in [0.1, 0.15) is 28.2 Å². The highest BCUT2D eigenvalue weighted by Crippen LogP contribution is 2.23. The van der Waals surface area contributed by atoms with Crippen molar-refractivity contribution in [2.45, 2.75) is 13.0 Å². The van der Waals surface area contributed by atoms with E-state index < -0.39 is 12.2 Å². The van der Waals surface area contributed by atoms with Crippen molar-refractivity contribution in [1.29, 1.82) is 0 Å². The Morgan fingerprint density at radius 3 is 2.77 bits per heavy atom. The Morgan fingerprint density at radius 1 is 1.06 bits per heavy atom. The van der Waals surface area contributed by atoms with Crippen LogP contribution >= 0.6 is 0 Å². The first-order valence-electron chi connectivity index (χ1n) is 9.66. The number of hydrogen-bond donors (Lipinski definition) is 2. The number of nitrogens with zero attached hydrogens (tertiary/aromatic N) is 3. The minimum atomic E-state index is -2.70. The summed E-state index contributed by atoms with van der Waals surface area (Å²) in [7, 11) is 0. The van der Waals surface area contributed by atoms with Crippen LogP contribution in [0.2, 0.25) is 0 Å². The maximum atomic E-state index is 12.9. The van der Waals surface area contributed by atoms with E-state index >= 15 is 0 Å². The van der Waals surface area contributed by atoms with E-state index in [1.54, 1.807) is 29.1 Å². The van der Waals surface area contributed by atoms with Gasteiger partial charge in [0.1, 0.15) is 5.82 Å². The molecule has 6 nitrogen and oxygen atoms in total. The lowest BCUT2D eigenvalue weighted by Gasteiger charge is -2.11. The first kappa shape index (κ1) is 18.9. The van der Waals surface area contributed by atoms with Crippen LogP contribution in [0.25, 0.3) is 21.8 Å². The fraction of sp³-hybridized carbons (Fsp3) is 0.0870. The molecule has 0 aliphatic rings. The first-order valence-corrected chi connectivity index (χ1v) is 9.66. The number of aromatic amines is 1. The van der Waals surface area contributed by atoms with Crippen LogP contribution in [0.3, 0.4) is 0 Å². The van der Waals surface area contributed by atoms with Crippen LogP contribution < -0.4 is 5.32 Å². The van der Waals surface area contributed by atoms with Crippen LogP contribution in [-0.4, -0.2) is 25.7 Å². The topological polar surface area (TPSA) is 75.6 Å². The highest BCUT2D eigenvalue weighted by atomic mass is 19.3. The molecule has 3 aromatic carbocycles. The standard InChI is InChI=1S/C23H17F2N5O/c24-21(25)22-27-18-9-8-15(12-19(18)28-22)23(31)29-20-10-11-26-30(20)13-16-6-3-5-14-4-1-2-7-17(14)16/h1-12,21H,13H2,(H,27,28)(H,29,31). The maximum absolute atomic E-state index is 12.9. The Hall–Kier alpha value is -4.07. The molecule has 2 heterocycles. The molecule has 0 fully saturated rings. The summed E-state index contributed by atoms with van der Waals surface area (Å²) in [5.74, 6) is -0.244. The number of rotatable bonds is 5. The van der Waals surface area contributed by atoms with E-state index in [0.29, 0.717) is 29.0 Å². The normalized spacial score (nSPS) is 11.5. The van der Waals surface area contributed by atoms with Crippen LogP contribution in [0.4, 0.5) is 14.6 Å². The van der Waals surface area contributed by atoms with Gasteiger partial charge in [0.25, 0.3) is 12.3 Å². The van der Waals surface area contributed by atoms with E-state index in [0.717, 1.165) is 16.3 Å². The second kappa shape index (κ2) is 7.64. The molecule has 2 aromatic heterocycles. The number of alkyl halides is 2. The van der Waals surface area contributed by atoms with E-state index in [1.165, 1.54) is 6.07 Å². The highest BCUT2D eigenvalue weighted by molar-refractivity contribution is 6.05. The Bertz CT molecular complexity index is 1400. The Kier molecular flexibility index (Phi) is 4.66.